The van der Waals surface area contributed by atoms with E-state index in [-0.39, 0.29) is 17.2 Å². The van der Waals surface area contributed by atoms with Crippen LogP contribution >= 0.6 is 0 Å². The number of aliphatic hydroxyl groups excluding tert-OH is 1. The molecule has 0 unspecified atom stereocenters. The molecular formula is C26H26N4O4. The van der Waals surface area contributed by atoms with Gasteiger partial charge in [0.15, 0.2) is 5.82 Å². The second-order valence-corrected chi connectivity index (χ2v) is 8.34. The Labute approximate surface area is 197 Å². The molecule has 8 heteroatoms. The van der Waals surface area contributed by atoms with Crippen molar-refractivity contribution >= 4 is 23.3 Å². The number of nitrogens with zero attached hydrogens (tertiary/aromatic N) is 4. The van der Waals surface area contributed by atoms with E-state index < -0.39 is 17.7 Å². The molecular weight excluding hydrogens is 432 g/mol. The first-order valence-electron chi connectivity index (χ1n) is 11.1. The molecule has 8 nitrogen and oxygen atoms in total. The highest BCUT2D eigenvalue weighted by atomic mass is 16.5. The van der Waals surface area contributed by atoms with Crippen molar-refractivity contribution < 1.29 is 19.4 Å². The van der Waals surface area contributed by atoms with Crippen LogP contribution in [0.1, 0.15) is 55.1 Å². The number of anilines is 1. The van der Waals surface area contributed by atoms with Gasteiger partial charge in [-0.05, 0) is 49.1 Å². The summed E-state index contributed by atoms with van der Waals surface area (Å²) in [6.07, 6.45) is 1.53. The molecule has 1 saturated heterocycles. The molecule has 1 N–H and O–H groups in total. The molecule has 4 rings (SSSR count). The predicted molar refractivity (Wildman–Crippen MR) is 127 cm³/mol. The highest BCUT2D eigenvalue weighted by molar-refractivity contribution is 6.51. The molecule has 0 saturated carbocycles. The number of benzene rings is 1. The Kier molecular flexibility index (Phi) is 6.40. The maximum Gasteiger partial charge on any atom is 0.301 e. The van der Waals surface area contributed by atoms with E-state index in [0.717, 1.165) is 5.56 Å². The van der Waals surface area contributed by atoms with Crippen molar-refractivity contribution in [2.75, 3.05) is 11.5 Å². The first-order chi connectivity index (χ1) is 16.3. The third kappa shape index (κ3) is 4.26. The Morgan fingerprint density at radius 2 is 1.79 bits per heavy atom. The van der Waals surface area contributed by atoms with Gasteiger partial charge in [0.25, 0.3) is 5.78 Å². The van der Waals surface area contributed by atoms with E-state index >= 15 is 0 Å². The zero-order valence-corrected chi connectivity index (χ0v) is 19.5. The van der Waals surface area contributed by atoms with E-state index in [1.807, 2.05) is 19.1 Å². The lowest BCUT2D eigenvalue weighted by atomic mass is 9.95. The number of ether oxygens (including phenoxy) is 1. The second-order valence-electron chi connectivity index (χ2n) is 8.34. The lowest BCUT2D eigenvalue weighted by Crippen LogP contribution is -2.30. The Balaban J connectivity index is 1.87. The highest BCUT2D eigenvalue weighted by Gasteiger charge is 2.47. The Morgan fingerprint density at radius 1 is 1.06 bits per heavy atom. The van der Waals surface area contributed by atoms with Crippen molar-refractivity contribution in [3.8, 4) is 5.88 Å². The number of hydrogen-bond donors (Lipinski definition) is 1. The topological polar surface area (TPSA) is 106 Å². The Hall–Kier alpha value is -4.07. The molecule has 0 spiro atoms. The van der Waals surface area contributed by atoms with Gasteiger partial charge < -0.3 is 9.84 Å². The minimum absolute atomic E-state index is 0.0318. The van der Waals surface area contributed by atoms with Gasteiger partial charge in [-0.1, -0.05) is 38.1 Å². The first kappa shape index (κ1) is 23.1. The quantitative estimate of drug-likeness (QED) is 0.333. The number of pyridine rings is 1. The Morgan fingerprint density at radius 3 is 2.35 bits per heavy atom. The zero-order valence-electron chi connectivity index (χ0n) is 19.5. The maximum atomic E-state index is 13.2. The van der Waals surface area contributed by atoms with E-state index in [0.29, 0.717) is 35.2 Å². The third-order valence-electron chi connectivity index (χ3n) is 5.69. The van der Waals surface area contributed by atoms with Gasteiger partial charge in [0.05, 0.1) is 23.9 Å². The van der Waals surface area contributed by atoms with E-state index in [2.05, 4.69) is 29.0 Å². The molecule has 174 valence electrons. The lowest BCUT2D eigenvalue weighted by molar-refractivity contribution is -0.132. The second kappa shape index (κ2) is 9.43. The standard InChI is InChI=1S/C26H26N4O4/c1-5-34-21-13-11-19(14-27-21)23-22(24(31)18-9-7-17(8-10-18)15(2)3)25(32)26(33)30(23)20-12-6-16(4)28-29-20/h6-15,23,31H,5H2,1-4H3/b24-22-/t23-/m1/s1. The predicted octanol–water partition coefficient (Wildman–Crippen LogP) is 4.33. The SMILES string of the molecule is CCOc1ccc([C@@H]2/C(=C(/O)c3ccc(C(C)C)cc3)C(=O)C(=O)N2c2ccc(C)nn2)cn1. The molecule has 34 heavy (non-hydrogen) atoms. The molecule has 3 aromatic rings. The van der Waals surface area contributed by atoms with Gasteiger partial charge in [0.2, 0.25) is 5.88 Å². The van der Waals surface area contributed by atoms with Crippen molar-refractivity contribution in [2.24, 2.45) is 0 Å². The van der Waals surface area contributed by atoms with Gasteiger partial charge in [0, 0.05) is 17.8 Å². The normalized spacial score (nSPS) is 17.4. The van der Waals surface area contributed by atoms with E-state index in [9.17, 15) is 14.7 Å². The zero-order chi connectivity index (χ0) is 24.4. The number of aromatic nitrogens is 3. The van der Waals surface area contributed by atoms with E-state index in [4.69, 9.17) is 4.74 Å². The van der Waals surface area contributed by atoms with Crippen LogP contribution in [0.5, 0.6) is 5.88 Å². The van der Waals surface area contributed by atoms with Crippen LogP contribution < -0.4 is 9.64 Å². The monoisotopic (exact) mass is 458 g/mol. The molecule has 0 aliphatic carbocycles. The van der Waals surface area contributed by atoms with Crippen LogP contribution in [0.4, 0.5) is 5.82 Å². The number of amides is 1. The number of aliphatic hydroxyl groups is 1. The van der Waals surface area contributed by atoms with Gasteiger partial charge >= 0.3 is 5.91 Å². The van der Waals surface area contributed by atoms with E-state index in [1.54, 1.807) is 43.3 Å². The van der Waals surface area contributed by atoms with Crippen molar-refractivity contribution in [2.45, 2.75) is 39.7 Å². The summed E-state index contributed by atoms with van der Waals surface area (Å²) in [7, 11) is 0. The fourth-order valence-corrected chi connectivity index (χ4v) is 3.87. The molecule has 1 aliphatic rings. The smallest absolute Gasteiger partial charge is 0.301 e. The van der Waals surface area contributed by atoms with Crippen LogP contribution in [0.3, 0.4) is 0 Å². The summed E-state index contributed by atoms with van der Waals surface area (Å²) in [5.74, 6) is -0.903. The number of aryl methyl sites for hydroxylation is 1. The average Bonchev–Trinajstić information content (AvgIpc) is 3.10. The summed E-state index contributed by atoms with van der Waals surface area (Å²) in [6, 6.07) is 13.1. The summed E-state index contributed by atoms with van der Waals surface area (Å²) in [4.78, 5) is 31.9. The summed E-state index contributed by atoms with van der Waals surface area (Å²) in [6.45, 7) is 8.23. The largest absolute Gasteiger partial charge is 0.507 e. The van der Waals surface area contributed by atoms with Crippen molar-refractivity contribution in [3.05, 3.63) is 82.7 Å². The first-order valence-corrected chi connectivity index (χ1v) is 11.1. The van der Waals surface area contributed by atoms with Gasteiger partial charge in [-0.3, -0.25) is 14.5 Å². The summed E-state index contributed by atoms with van der Waals surface area (Å²) < 4.78 is 5.42. The van der Waals surface area contributed by atoms with Crippen molar-refractivity contribution in [1.82, 2.24) is 15.2 Å². The summed E-state index contributed by atoms with van der Waals surface area (Å²) >= 11 is 0. The number of ketones is 1. The van der Waals surface area contributed by atoms with Crippen LogP contribution in [0.25, 0.3) is 5.76 Å². The molecule has 2 aromatic heterocycles. The van der Waals surface area contributed by atoms with Crippen LogP contribution in [0.15, 0.2) is 60.3 Å². The molecule has 0 bridgehead atoms. The van der Waals surface area contributed by atoms with Crippen LogP contribution in [-0.2, 0) is 9.59 Å². The summed E-state index contributed by atoms with van der Waals surface area (Å²) in [5, 5.41) is 19.4. The fourth-order valence-electron chi connectivity index (χ4n) is 3.87. The van der Waals surface area contributed by atoms with Gasteiger partial charge in [-0.25, -0.2) is 4.98 Å². The van der Waals surface area contributed by atoms with Gasteiger partial charge in [-0.15, -0.1) is 5.10 Å². The molecule has 1 aromatic carbocycles. The number of rotatable bonds is 6. The molecule has 0 radical (unpaired) electrons. The minimum Gasteiger partial charge on any atom is -0.507 e. The molecule has 3 heterocycles. The summed E-state index contributed by atoms with van der Waals surface area (Å²) in [5.41, 5.74) is 2.71. The Bertz CT molecular complexity index is 1230. The van der Waals surface area contributed by atoms with Crippen molar-refractivity contribution in [3.63, 3.8) is 0 Å². The molecule has 1 atom stereocenters. The van der Waals surface area contributed by atoms with Crippen molar-refractivity contribution in [1.29, 1.82) is 0 Å². The minimum atomic E-state index is -0.926. The number of Topliss-reactive ketones (excluding diaryl/α,β-unsaturated/α-hetero) is 1. The number of hydrogen-bond acceptors (Lipinski definition) is 7. The highest BCUT2D eigenvalue weighted by Crippen LogP contribution is 2.41. The molecule has 1 aliphatic heterocycles. The lowest BCUT2D eigenvalue weighted by Gasteiger charge is -2.24. The van der Waals surface area contributed by atoms with Crippen LogP contribution in [-0.4, -0.2) is 38.6 Å². The number of carbonyl (C=O) groups is 2. The van der Waals surface area contributed by atoms with Gasteiger partial charge in [-0.2, -0.15) is 5.10 Å². The van der Waals surface area contributed by atoms with Gasteiger partial charge in [0.1, 0.15) is 5.76 Å². The molecule has 1 fully saturated rings. The van der Waals surface area contributed by atoms with Crippen LogP contribution in [0.2, 0.25) is 0 Å². The number of carbonyl (C=O) groups excluding carboxylic acids is 2. The maximum absolute atomic E-state index is 13.2. The van der Waals surface area contributed by atoms with E-state index in [1.165, 1.54) is 11.1 Å². The molecule has 1 amide bonds. The third-order valence-corrected chi connectivity index (χ3v) is 5.69. The van der Waals surface area contributed by atoms with Crippen LogP contribution in [0, 0.1) is 6.92 Å². The fraction of sp³-hybridized carbons (Fsp3) is 0.269. The average molecular weight is 459 g/mol.